The standard InChI is InChI=1S/C11H12N2/c1-8(12)10-7-6-9-4-2-3-5-11(9)13-10/h2-8H,12H2,1H3. The third-order valence-electron chi connectivity index (χ3n) is 2.09. The Hall–Kier alpha value is -1.41. The quantitative estimate of drug-likeness (QED) is 0.716. The fourth-order valence-corrected chi connectivity index (χ4v) is 1.34. The topological polar surface area (TPSA) is 38.9 Å². The first kappa shape index (κ1) is 8.20. The highest BCUT2D eigenvalue weighted by atomic mass is 14.8. The summed E-state index contributed by atoms with van der Waals surface area (Å²) in [7, 11) is 0. The Morgan fingerprint density at radius 2 is 1.92 bits per heavy atom. The first-order chi connectivity index (χ1) is 6.27. The number of fused-ring (bicyclic) bond motifs is 1. The van der Waals surface area contributed by atoms with Gasteiger partial charge in [0.2, 0.25) is 0 Å². The van der Waals surface area contributed by atoms with E-state index in [1.165, 1.54) is 0 Å². The van der Waals surface area contributed by atoms with E-state index in [0.717, 1.165) is 16.6 Å². The molecule has 0 amide bonds. The zero-order valence-corrected chi connectivity index (χ0v) is 7.57. The highest BCUT2D eigenvalue weighted by molar-refractivity contribution is 5.78. The van der Waals surface area contributed by atoms with Crippen LogP contribution in [0.4, 0.5) is 0 Å². The van der Waals surface area contributed by atoms with Gasteiger partial charge in [0, 0.05) is 11.4 Å². The van der Waals surface area contributed by atoms with E-state index in [2.05, 4.69) is 11.1 Å². The van der Waals surface area contributed by atoms with Crippen LogP contribution < -0.4 is 5.73 Å². The summed E-state index contributed by atoms with van der Waals surface area (Å²) in [5.41, 5.74) is 7.70. The zero-order valence-electron chi connectivity index (χ0n) is 7.57. The summed E-state index contributed by atoms with van der Waals surface area (Å²) >= 11 is 0. The lowest BCUT2D eigenvalue weighted by Crippen LogP contribution is -2.06. The van der Waals surface area contributed by atoms with Crippen LogP contribution in [0.3, 0.4) is 0 Å². The van der Waals surface area contributed by atoms with Crippen LogP contribution in [-0.2, 0) is 0 Å². The number of hydrogen-bond acceptors (Lipinski definition) is 2. The molecule has 1 unspecified atom stereocenters. The Balaban J connectivity index is 2.62. The van der Waals surface area contributed by atoms with Crippen molar-refractivity contribution in [1.29, 1.82) is 0 Å². The Morgan fingerprint density at radius 3 is 2.69 bits per heavy atom. The summed E-state index contributed by atoms with van der Waals surface area (Å²) in [6.45, 7) is 1.94. The highest BCUT2D eigenvalue weighted by Crippen LogP contribution is 2.14. The molecule has 13 heavy (non-hydrogen) atoms. The molecule has 0 saturated carbocycles. The molecule has 0 fully saturated rings. The molecule has 0 aliphatic rings. The summed E-state index contributed by atoms with van der Waals surface area (Å²) in [6.07, 6.45) is 0. The zero-order chi connectivity index (χ0) is 9.26. The molecule has 0 spiro atoms. The summed E-state index contributed by atoms with van der Waals surface area (Å²) in [6, 6.07) is 12.1. The predicted molar refractivity (Wildman–Crippen MR) is 54.3 cm³/mol. The molecule has 2 heteroatoms. The minimum atomic E-state index is 0.00426. The van der Waals surface area contributed by atoms with Crippen molar-refractivity contribution < 1.29 is 0 Å². The van der Waals surface area contributed by atoms with E-state index in [1.54, 1.807) is 0 Å². The maximum atomic E-state index is 5.74. The van der Waals surface area contributed by atoms with E-state index in [1.807, 2.05) is 37.3 Å². The Morgan fingerprint density at radius 1 is 1.15 bits per heavy atom. The summed E-state index contributed by atoms with van der Waals surface area (Å²) in [5, 5.41) is 1.16. The van der Waals surface area contributed by atoms with Gasteiger partial charge in [-0.25, -0.2) is 0 Å². The maximum absolute atomic E-state index is 5.74. The van der Waals surface area contributed by atoms with Crippen LogP contribution in [0.15, 0.2) is 36.4 Å². The van der Waals surface area contributed by atoms with E-state index in [9.17, 15) is 0 Å². The number of nitrogens with two attached hydrogens (primary N) is 1. The Labute approximate surface area is 77.4 Å². The molecule has 0 aliphatic carbocycles. The van der Waals surface area contributed by atoms with Gasteiger partial charge < -0.3 is 5.73 Å². The Kier molecular flexibility index (Phi) is 1.99. The number of aromatic nitrogens is 1. The summed E-state index contributed by atoms with van der Waals surface area (Å²) in [5.74, 6) is 0. The van der Waals surface area contributed by atoms with Crippen LogP contribution in [-0.4, -0.2) is 4.98 Å². The van der Waals surface area contributed by atoms with Gasteiger partial charge in [0.1, 0.15) is 0 Å². The molecule has 1 heterocycles. The molecule has 1 aromatic heterocycles. The third-order valence-corrected chi connectivity index (χ3v) is 2.09. The predicted octanol–water partition coefficient (Wildman–Crippen LogP) is 2.25. The van der Waals surface area contributed by atoms with E-state index in [4.69, 9.17) is 5.73 Å². The van der Waals surface area contributed by atoms with E-state index >= 15 is 0 Å². The number of hydrogen-bond donors (Lipinski definition) is 1. The molecule has 2 rings (SSSR count). The lowest BCUT2D eigenvalue weighted by molar-refractivity contribution is 0.787. The molecule has 1 aromatic carbocycles. The van der Waals surface area contributed by atoms with E-state index in [-0.39, 0.29) is 6.04 Å². The van der Waals surface area contributed by atoms with Crippen LogP contribution >= 0.6 is 0 Å². The molecule has 2 aromatic rings. The highest BCUT2D eigenvalue weighted by Gasteiger charge is 2.01. The van der Waals surface area contributed by atoms with Crippen molar-refractivity contribution in [3.8, 4) is 0 Å². The smallest absolute Gasteiger partial charge is 0.0706 e. The van der Waals surface area contributed by atoms with Crippen molar-refractivity contribution in [1.82, 2.24) is 4.98 Å². The van der Waals surface area contributed by atoms with Gasteiger partial charge >= 0.3 is 0 Å². The van der Waals surface area contributed by atoms with Gasteiger partial charge in [-0.05, 0) is 19.1 Å². The van der Waals surface area contributed by atoms with Gasteiger partial charge in [-0.2, -0.15) is 0 Å². The van der Waals surface area contributed by atoms with Gasteiger partial charge in [0.25, 0.3) is 0 Å². The average Bonchev–Trinajstić information content (AvgIpc) is 2.17. The SMILES string of the molecule is CC(N)c1ccc2ccccc2n1. The molecule has 66 valence electrons. The van der Waals surface area contributed by atoms with Gasteiger partial charge in [0.05, 0.1) is 11.2 Å². The van der Waals surface area contributed by atoms with Crippen LogP contribution in [0.2, 0.25) is 0 Å². The molecule has 0 radical (unpaired) electrons. The van der Waals surface area contributed by atoms with Gasteiger partial charge in [-0.3, -0.25) is 4.98 Å². The fourth-order valence-electron chi connectivity index (χ4n) is 1.34. The lowest BCUT2D eigenvalue weighted by atomic mass is 10.1. The van der Waals surface area contributed by atoms with E-state index in [0.29, 0.717) is 0 Å². The monoisotopic (exact) mass is 172 g/mol. The van der Waals surface area contributed by atoms with Crippen molar-refractivity contribution >= 4 is 10.9 Å². The van der Waals surface area contributed by atoms with E-state index < -0.39 is 0 Å². The summed E-state index contributed by atoms with van der Waals surface area (Å²) in [4.78, 5) is 4.45. The lowest BCUT2D eigenvalue weighted by Gasteiger charge is -2.05. The molecule has 0 aliphatic heterocycles. The molecule has 1 atom stereocenters. The van der Waals surface area contributed by atoms with Crippen molar-refractivity contribution in [3.05, 3.63) is 42.1 Å². The van der Waals surface area contributed by atoms with Crippen molar-refractivity contribution in [2.24, 2.45) is 5.73 Å². The molecule has 2 N–H and O–H groups in total. The molecule has 0 bridgehead atoms. The third kappa shape index (κ3) is 1.53. The number of nitrogens with zero attached hydrogens (tertiary/aromatic N) is 1. The molecular weight excluding hydrogens is 160 g/mol. The number of pyridine rings is 1. The Bertz CT molecular complexity index is 421. The second kappa shape index (κ2) is 3.15. The largest absolute Gasteiger partial charge is 0.323 e. The van der Waals surface area contributed by atoms with Crippen molar-refractivity contribution in [3.63, 3.8) is 0 Å². The van der Waals surface area contributed by atoms with Gasteiger partial charge in [-0.15, -0.1) is 0 Å². The van der Waals surface area contributed by atoms with Crippen LogP contribution in [0.5, 0.6) is 0 Å². The van der Waals surface area contributed by atoms with Crippen molar-refractivity contribution in [2.45, 2.75) is 13.0 Å². The average molecular weight is 172 g/mol. The minimum absolute atomic E-state index is 0.00426. The van der Waals surface area contributed by atoms with Gasteiger partial charge in [0.15, 0.2) is 0 Å². The normalized spacial score (nSPS) is 13.1. The molecule has 0 saturated heterocycles. The second-order valence-corrected chi connectivity index (χ2v) is 3.22. The number of para-hydroxylation sites is 1. The summed E-state index contributed by atoms with van der Waals surface area (Å²) < 4.78 is 0. The van der Waals surface area contributed by atoms with Crippen LogP contribution in [0, 0.1) is 0 Å². The first-order valence-corrected chi connectivity index (χ1v) is 4.38. The first-order valence-electron chi connectivity index (χ1n) is 4.38. The molecule has 2 nitrogen and oxygen atoms in total. The molecular formula is C11H12N2. The second-order valence-electron chi connectivity index (χ2n) is 3.22. The van der Waals surface area contributed by atoms with Crippen LogP contribution in [0.25, 0.3) is 10.9 Å². The van der Waals surface area contributed by atoms with Crippen molar-refractivity contribution in [2.75, 3.05) is 0 Å². The number of rotatable bonds is 1. The van der Waals surface area contributed by atoms with Crippen LogP contribution in [0.1, 0.15) is 18.7 Å². The number of benzene rings is 1. The minimum Gasteiger partial charge on any atom is -0.323 e. The maximum Gasteiger partial charge on any atom is 0.0706 e. The fraction of sp³-hybridized carbons (Fsp3) is 0.182. The van der Waals surface area contributed by atoms with Gasteiger partial charge in [-0.1, -0.05) is 24.3 Å².